The molecular formula is C18H20ClNO. The molecule has 0 saturated heterocycles. The lowest BCUT2D eigenvalue weighted by atomic mass is 10.1. The second kappa shape index (κ2) is 7.87. The van der Waals surface area contributed by atoms with Crippen LogP contribution >= 0.6 is 11.6 Å². The van der Waals surface area contributed by atoms with E-state index >= 15 is 0 Å². The Morgan fingerprint density at radius 3 is 2.57 bits per heavy atom. The van der Waals surface area contributed by atoms with Gasteiger partial charge in [0, 0.05) is 17.6 Å². The van der Waals surface area contributed by atoms with E-state index in [0.29, 0.717) is 6.61 Å². The zero-order chi connectivity index (χ0) is 15.1. The van der Waals surface area contributed by atoms with Crippen molar-refractivity contribution < 1.29 is 4.74 Å². The van der Waals surface area contributed by atoms with E-state index in [2.05, 4.69) is 31.0 Å². The van der Waals surface area contributed by atoms with Crippen molar-refractivity contribution >= 4 is 11.6 Å². The van der Waals surface area contributed by atoms with Crippen molar-refractivity contribution in [3.63, 3.8) is 0 Å². The molecule has 1 unspecified atom stereocenters. The van der Waals surface area contributed by atoms with Gasteiger partial charge in [0.1, 0.15) is 12.4 Å². The van der Waals surface area contributed by atoms with Crippen LogP contribution in [0.4, 0.5) is 0 Å². The summed E-state index contributed by atoms with van der Waals surface area (Å²) >= 11 is 6.21. The Morgan fingerprint density at radius 1 is 1.19 bits per heavy atom. The summed E-state index contributed by atoms with van der Waals surface area (Å²) < 4.78 is 5.46. The third-order valence-electron chi connectivity index (χ3n) is 3.28. The van der Waals surface area contributed by atoms with E-state index in [0.717, 1.165) is 22.9 Å². The summed E-state index contributed by atoms with van der Waals surface area (Å²) in [6.45, 7) is 7.06. The first kappa shape index (κ1) is 15.6. The van der Waals surface area contributed by atoms with Crippen molar-refractivity contribution in [3.8, 4) is 5.75 Å². The molecule has 0 heterocycles. The zero-order valence-electron chi connectivity index (χ0n) is 12.2. The monoisotopic (exact) mass is 301 g/mol. The molecule has 1 N–H and O–H groups in total. The lowest BCUT2D eigenvalue weighted by Gasteiger charge is -2.16. The molecule has 2 aromatic carbocycles. The van der Waals surface area contributed by atoms with Crippen LogP contribution in [0.2, 0.25) is 5.02 Å². The molecule has 0 amide bonds. The molecule has 0 aromatic heterocycles. The fraction of sp³-hybridized carbons (Fsp3) is 0.222. The van der Waals surface area contributed by atoms with Gasteiger partial charge in [-0.2, -0.15) is 0 Å². The van der Waals surface area contributed by atoms with Gasteiger partial charge in [-0.25, -0.2) is 0 Å². The molecule has 110 valence electrons. The van der Waals surface area contributed by atoms with E-state index in [1.165, 1.54) is 5.56 Å². The van der Waals surface area contributed by atoms with Crippen LogP contribution in [0.3, 0.4) is 0 Å². The largest absolute Gasteiger partial charge is 0.490 e. The van der Waals surface area contributed by atoms with Crippen molar-refractivity contribution in [1.29, 1.82) is 0 Å². The highest BCUT2D eigenvalue weighted by Crippen LogP contribution is 2.22. The number of benzene rings is 2. The highest BCUT2D eigenvalue weighted by molar-refractivity contribution is 6.31. The minimum absolute atomic E-state index is 0.204. The van der Waals surface area contributed by atoms with Crippen molar-refractivity contribution in [3.05, 3.63) is 77.3 Å². The quantitative estimate of drug-likeness (QED) is 0.745. The van der Waals surface area contributed by atoms with Crippen molar-refractivity contribution in [2.45, 2.75) is 19.5 Å². The Morgan fingerprint density at radius 2 is 1.90 bits per heavy atom. The van der Waals surface area contributed by atoms with Gasteiger partial charge >= 0.3 is 0 Å². The van der Waals surface area contributed by atoms with E-state index in [4.69, 9.17) is 16.3 Å². The summed E-state index contributed by atoms with van der Waals surface area (Å²) in [5, 5.41) is 4.27. The maximum atomic E-state index is 6.21. The lowest BCUT2D eigenvalue weighted by Crippen LogP contribution is -2.18. The predicted octanol–water partition coefficient (Wildman–Crippen LogP) is 4.76. The molecule has 0 fully saturated rings. The van der Waals surface area contributed by atoms with Gasteiger partial charge in [-0.15, -0.1) is 0 Å². The Hall–Kier alpha value is -1.77. The van der Waals surface area contributed by atoms with Gasteiger partial charge in [0.05, 0.1) is 0 Å². The molecule has 2 nitrogen and oxygen atoms in total. The summed E-state index contributed by atoms with van der Waals surface area (Å²) in [5.74, 6) is 0.859. The van der Waals surface area contributed by atoms with Crippen molar-refractivity contribution in [1.82, 2.24) is 5.32 Å². The smallest absolute Gasteiger partial charge is 0.119 e. The second-order valence-electron chi connectivity index (χ2n) is 4.87. The highest BCUT2D eigenvalue weighted by Gasteiger charge is 2.08. The summed E-state index contributed by atoms with van der Waals surface area (Å²) in [4.78, 5) is 0. The number of ether oxygens (including phenoxy) is 1. The van der Waals surface area contributed by atoms with Crippen LogP contribution in [0.25, 0.3) is 0 Å². The minimum atomic E-state index is 0.204. The van der Waals surface area contributed by atoms with Gasteiger partial charge in [0.25, 0.3) is 0 Å². The van der Waals surface area contributed by atoms with E-state index in [1.807, 2.05) is 36.4 Å². The number of hydrogen-bond donors (Lipinski definition) is 1. The molecular weight excluding hydrogens is 282 g/mol. The van der Waals surface area contributed by atoms with Crippen molar-refractivity contribution in [2.75, 3.05) is 6.61 Å². The molecule has 2 rings (SSSR count). The Kier molecular flexibility index (Phi) is 5.85. The van der Waals surface area contributed by atoms with Crippen LogP contribution in [0.1, 0.15) is 24.1 Å². The molecule has 1 atom stereocenters. The first-order valence-corrected chi connectivity index (χ1v) is 7.39. The number of nitrogens with one attached hydrogen (secondary N) is 1. The Labute approximate surface area is 131 Å². The maximum absolute atomic E-state index is 6.21. The molecule has 0 aliphatic heterocycles. The molecule has 0 radical (unpaired) electrons. The van der Waals surface area contributed by atoms with Gasteiger partial charge in [0.2, 0.25) is 0 Å². The molecule has 0 bridgehead atoms. The van der Waals surface area contributed by atoms with Crippen LogP contribution in [-0.4, -0.2) is 6.61 Å². The van der Waals surface area contributed by atoms with Crippen LogP contribution in [0.5, 0.6) is 5.75 Å². The van der Waals surface area contributed by atoms with Crippen LogP contribution in [-0.2, 0) is 6.54 Å². The van der Waals surface area contributed by atoms with Crippen molar-refractivity contribution in [2.24, 2.45) is 0 Å². The van der Waals surface area contributed by atoms with E-state index in [9.17, 15) is 0 Å². The fourth-order valence-corrected chi connectivity index (χ4v) is 2.37. The Bertz CT molecular complexity index is 580. The summed E-state index contributed by atoms with van der Waals surface area (Å²) in [6.07, 6.45) is 1.74. The Balaban J connectivity index is 1.90. The fourth-order valence-electron chi connectivity index (χ4n) is 2.07. The first-order valence-electron chi connectivity index (χ1n) is 7.01. The highest BCUT2D eigenvalue weighted by atomic mass is 35.5. The molecule has 21 heavy (non-hydrogen) atoms. The molecule has 0 saturated carbocycles. The zero-order valence-corrected chi connectivity index (χ0v) is 12.9. The van der Waals surface area contributed by atoms with Gasteiger partial charge in [-0.05, 0) is 36.2 Å². The number of halogens is 1. The topological polar surface area (TPSA) is 21.3 Å². The van der Waals surface area contributed by atoms with Gasteiger partial charge in [-0.1, -0.05) is 54.6 Å². The molecule has 3 heteroatoms. The third-order valence-corrected chi connectivity index (χ3v) is 3.62. The minimum Gasteiger partial charge on any atom is -0.490 e. The van der Waals surface area contributed by atoms with E-state index < -0.39 is 0 Å². The summed E-state index contributed by atoms with van der Waals surface area (Å²) in [7, 11) is 0. The molecule has 0 aliphatic carbocycles. The summed E-state index contributed by atoms with van der Waals surface area (Å²) in [5.41, 5.74) is 2.32. The predicted molar refractivity (Wildman–Crippen MR) is 88.8 cm³/mol. The average Bonchev–Trinajstić information content (AvgIpc) is 2.52. The first-order chi connectivity index (χ1) is 10.2. The molecule has 0 spiro atoms. The lowest BCUT2D eigenvalue weighted by molar-refractivity contribution is 0.363. The van der Waals surface area contributed by atoms with Gasteiger partial charge in [0.15, 0.2) is 0 Å². The van der Waals surface area contributed by atoms with Crippen LogP contribution < -0.4 is 10.1 Å². The van der Waals surface area contributed by atoms with E-state index in [1.54, 1.807) is 6.08 Å². The maximum Gasteiger partial charge on any atom is 0.119 e. The second-order valence-corrected chi connectivity index (χ2v) is 5.27. The van der Waals surface area contributed by atoms with Gasteiger partial charge in [-0.3, -0.25) is 0 Å². The molecule has 2 aromatic rings. The SMILES string of the molecule is C=CCOc1ccc(CNC(C)c2ccccc2Cl)cc1. The normalized spacial score (nSPS) is 11.9. The standard InChI is InChI=1S/C18H20ClNO/c1-3-12-21-16-10-8-15(9-11-16)13-20-14(2)17-6-4-5-7-18(17)19/h3-11,14,20H,1,12-13H2,2H3. The molecule has 0 aliphatic rings. The summed E-state index contributed by atoms with van der Waals surface area (Å²) in [6, 6.07) is 16.2. The van der Waals surface area contributed by atoms with E-state index in [-0.39, 0.29) is 6.04 Å². The van der Waals surface area contributed by atoms with Gasteiger partial charge < -0.3 is 10.1 Å². The third kappa shape index (κ3) is 4.62. The number of rotatable bonds is 7. The number of hydrogen-bond acceptors (Lipinski definition) is 2. The average molecular weight is 302 g/mol. The van der Waals surface area contributed by atoms with Crippen LogP contribution in [0, 0.1) is 0 Å². The van der Waals surface area contributed by atoms with Crippen LogP contribution in [0.15, 0.2) is 61.2 Å².